The van der Waals surface area contributed by atoms with Crippen molar-refractivity contribution in [2.45, 2.75) is 6.92 Å². The second kappa shape index (κ2) is 8.15. The molecule has 2 aromatic carbocycles. The van der Waals surface area contributed by atoms with E-state index in [4.69, 9.17) is 32.9 Å². The molecule has 1 amide bonds. The van der Waals surface area contributed by atoms with Crippen molar-refractivity contribution in [1.29, 1.82) is 0 Å². The normalized spacial score (nSPS) is 14.5. The number of amides is 1. The van der Waals surface area contributed by atoms with Crippen LogP contribution in [0.3, 0.4) is 0 Å². The summed E-state index contributed by atoms with van der Waals surface area (Å²) in [7, 11) is 0. The van der Waals surface area contributed by atoms with E-state index < -0.39 is 0 Å². The maximum Gasteiger partial charge on any atom is 0.255 e. The van der Waals surface area contributed by atoms with Gasteiger partial charge in [-0.05, 0) is 37.3 Å². The number of anilines is 1. The van der Waals surface area contributed by atoms with Crippen LogP contribution in [0, 0.1) is 0 Å². The van der Waals surface area contributed by atoms with Crippen LogP contribution in [-0.4, -0.2) is 48.6 Å². The number of hydrogen-bond acceptors (Lipinski definition) is 5. The quantitative estimate of drug-likeness (QED) is 0.580. The number of ether oxygens (including phenoxy) is 1. The molecule has 1 aliphatic heterocycles. The third-order valence-corrected chi connectivity index (χ3v) is 6.31. The molecule has 1 aromatic heterocycles. The third-order valence-electron chi connectivity index (χ3n) is 4.67. The predicted octanol–water partition coefficient (Wildman–Crippen LogP) is 4.96. The van der Waals surface area contributed by atoms with Gasteiger partial charge in [-0.15, -0.1) is 0 Å². The number of halogens is 2. The summed E-state index contributed by atoms with van der Waals surface area (Å²) in [6.45, 7) is 5.22. The SMILES string of the molecule is CCOc1cccc2sc(N3CCN(C(=O)c4cc(Cl)ccc4Cl)CC3)nc12. The molecule has 1 saturated heterocycles. The number of nitrogens with zero attached hydrogens (tertiary/aromatic N) is 3. The molecule has 0 bridgehead atoms. The summed E-state index contributed by atoms with van der Waals surface area (Å²) >= 11 is 13.9. The third kappa shape index (κ3) is 3.77. The van der Waals surface area contributed by atoms with Crippen molar-refractivity contribution in [2.24, 2.45) is 0 Å². The van der Waals surface area contributed by atoms with E-state index in [0.717, 1.165) is 21.1 Å². The molecule has 0 radical (unpaired) electrons. The average molecular weight is 436 g/mol. The minimum absolute atomic E-state index is 0.0879. The Balaban J connectivity index is 1.48. The monoisotopic (exact) mass is 435 g/mol. The van der Waals surface area contributed by atoms with Gasteiger partial charge in [-0.25, -0.2) is 4.98 Å². The summed E-state index contributed by atoms with van der Waals surface area (Å²) in [6, 6.07) is 11.0. The van der Waals surface area contributed by atoms with E-state index in [1.807, 2.05) is 24.0 Å². The second-order valence-electron chi connectivity index (χ2n) is 6.44. The number of carbonyl (C=O) groups excluding carboxylic acids is 1. The van der Waals surface area contributed by atoms with Crippen LogP contribution in [0.1, 0.15) is 17.3 Å². The fraction of sp³-hybridized carbons (Fsp3) is 0.300. The van der Waals surface area contributed by atoms with Crippen molar-refractivity contribution in [3.63, 3.8) is 0 Å². The Hall–Kier alpha value is -2.02. The number of carbonyl (C=O) groups is 1. The predicted molar refractivity (Wildman–Crippen MR) is 115 cm³/mol. The topological polar surface area (TPSA) is 45.7 Å². The highest BCUT2D eigenvalue weighted by Gasteiger charge is 2.25. The van der Waals surface area contributed by atoms with Crippen LogP contribution in [0.5, 0.6) is 5.75 Å². The summed E-state index contributed by atoms with van der Waals surface area (Å²) in [6.07, 6.45) is 0. The van der Waals surface area contributed by atoms with E-state index in [1.165, 1.54) is 0 Å². The van der Waals surface area contributed by atoms with Crippen molar-refractivity contribution < 1.29 is 9.53 Å². The Morgan fingerprint density at radius 1 is 1.18 bits per heavy atom. The van der Waals surface area contributed by atoms with Gasteiger partial charge in [0.05, 0.1) is 21.9 Å². The van der Waals surface area contributed by atoms with E-state index in [2.05, 4.69) is 11.0 Å². The molecule has 1 aliphatic rings. The van der Waals surface area contributed by atoms with Crippen molar-refractivity contribution in [2.75, 3.05) is 37.7 Å². The molecule has 5 nitrogen and oxygen atoms in total. The van der Waals surface area contributed by atoms with E-state index in [9.17, 15) is 4.79 Å². The van der Waals surface area contributed by atoms with Gasteiger partial charge in [0, 0.05) is 31.2 Å². The molecule has 146 valence electrons. The van der Waals surface area contributed by atoms with Crippen molar-refractivity contribution in [1.82, 2.24) is 9.88 Å². The van der Waals surface area contributed by atoms with Gasteiger partial charge >= 0.3 is 0 Å². The maximum atomic E-state index is 12.8. The van der Waals surface area contributed by atoms with Gasteiger partial charge in [0.15, 0.2) is 5.13 Å². The zero-order valence-corrected chi connectivity index (χ0v) is 17.7. The average Bonchev–Trinajstić information content (AvgIpc) is 3.15. The number of benzene rings is 2. The van der Waals surface area contributed by atoms with E-state index in [-0.39, 0.29) is 5.91 Å². The Bertz CT molecular complexity index is 1020. The van der Waals surface area contributed by atoms with Crippen LogP contribution in [-0.2, 0) is 0 Å². The highest BCUT2D eigenvalue weighted by atomic mass is 35.5. The summed E-state index contributed by atoms with van der Waals surface area (Å²) in [5.74, 6) is 0.724. The minimum Gasteiger partial charge on any atom is -0.492 e. The number of fused-ring (bicyclic) bond motifs is 1. The van der Waals surface area contributed by atoms with Crippen LogP contribution in [0.15, 0.2) is 36.4 Å². The summed E-state index contributed by atoms with van der Waals surface area (Å²) in [5, 5.41) is 1.88. The lowest BCUT2D eigenvalue weighted by atomic mass is 10.2. The molecule has 0 saturated carbocycles. The van der Waals surface area contributed by atoms with Crippen molar-refractivity contribution in [3.05, 3.63) is 52.0 Å². The van der Waals surface area contributed by atoms with Gasteiger partial charge in [-0.3, -0.25) is 4.79 Å². The van der Waals surface area contributed by atoms with Crippen LogP contribution in [0.4, 0.5) is 5.13 Å². The molecule has 4 rings (SSSR count). The Morgan fingerprint density at radius 2 is 1.96 bits per heavy atom. The van der Waals surface area contributed by atoms with Crippen LogP contribution in [0.25, 0.3) is 10.2 Å². The van der Waals surface area contributed by atoms with Gasteiger partial charge in [-0.1, -0.05) is 40.6 Å². The minimum atomic E-state index is -0.0879. The van der Waals surface area contributed by atoms with Crippen molar-refractivity contribution >= 4 is 55.8 Å². The molecule has 8 heteroatoms. The van der Waals surface area contributed by atoms with Gasteiger partial charge in [0.1, 0.15) is 11.3 Å². The number of rotatable bonds is 4. The summed E-state index contributed by atoms with van der Waals surface area (Å²) in [4.78, 5) is 21.6. The van der Waals surface area contributed by atoms with Crippen LogP contribution in [0.2, 0.25) is 10.0 Å². The lowest BCUT2D eigenvalue weighted by Crippen LogP contribution is -2.48. The van der Waals surface area contributed by atoms with Gasteiger partial charge < -0.3 is 14.5 Å². The highest BCUT2D eigenvalue weighted by molar-refractivity contribution is 7.22. The highest BCUT2D eigenvalue weighted by Crippen LogP contribution is 2.34. The zero-order chi connectivity index (χ0) is 19.7. The molecule has 0 unspecified atom stereocenters. The standard InChI is InChI=1S/C20H19Cl2N3O2S/c1-2-27-16-4-3-5-17-18(16)23-20(28-17)25-10-8-24(9-11-25)19(26)14-12-13(21)6-7-15(14)22/h3-7,12H,2,8-11H2,1H3. The summed E-state index contributed by atoms with van der Waals surface area (Å²) in [5.41, 5.74) is 1.34. The fourth-order valence-corrected chi connectivity index (χ4v) is 4.66. The Morgan fingerprint density at radius 3 is 2.71 bits per heavy atom. The first-order chi connectivity index (χ1) is 13.6. The number of aromatic nitrogens is 1. The second-order valence-corrected chi connectivity index (χ2v) is 8.29. The zero-order valence-electron chi connectivity index (χ0n) is 15.3. The Kier molecular flexibility index (Phi) is 5.62. The summed E-state index contributed by atoms with van der Waals surface area (Å²) < 4.78 is 6.79. The first kappa shape index (κ1) is 19.3. The molecular weight excluding hydrogens is 417 g/mol. The molecule has 0 N–H and O–H groups in total. The first-order valence-electron chi connectivity index (χ1n) is 9.08. The lowest BCUT2D eigenvalue weighted by molar-refractivity contribution is 0.0747. The molecule has 3 aromatic rings. The fourth-order valence-electron chi connectivity index (χ4n) is 3.25. The van der Waals surface area contributed by atoms with E-state index in [1.54, 1.807) is 29.5 Å². The lowest BCUT2D eigenvalue weighted by Gasteiger charge is -2.34. The van der Waals surface area contributed by atoms with Gasteiger partial charge in [0.2, 0.25) is 0 Å². The maximum absolute atomic E-state index is 12.8. The van der Waals surface area contributed by atoms with Crippen LogP contribution < -0.4 is 9.64 Å². The van der Waals surface area contributed by atoms with E-state index >= 15 is 0 Å². The molecule has 1 fully saturated rings. The largest absolute Gasteiger partial charge is 0.492 e. The smallest absolute Gasteiger partial charge is 0.255 e. The molecule has 0 aliphatic carbocycles. The van der Waals surface area contributed by atoms with Gasteiger partial charge in [0.25, 0.3) is 5.91 Å². The molecule has 0 spiro atoms. The van der Waals surface area contributed by atoms with Gasteiger partial charge in [-0.2, -0.15) is 0 Å². The van der Waals surface area contributed by atoms with E-state index in [0.29, 0.717) is 48.4 Å². The first-order valence-corrected chi connectivity index (χ1v) is 10.7. The molecule has 2 heterocycles. The number of hydrogen-bond donors (Lipinski definition) is 0. The van der Waals surface area contributed by atoms with Crippen molar-refractivity contribution in [3.8, 4) is 5.75 Å². The number of piperazine rings is 1. The number of para-hydroxylation sites is 1. The molecule has 28 heavy (non-hydrogen) atoms. The molecule has 0 atom stereocenters. The molecular formula is C20H19Cl2N3O2S. The number of thiazole rings is 1. The van der Waals surface area contributed by atoms with Crippen LogP contribution >= 0.6 is 34.5 Å². The Labute approximate surface area is 177 Å².